The van der Waals surface area contributed by atoms with E-state index in [1.165, 1.54) is 16.5 Å². The lowest BCUT2D eigenvalue weighted by Crippen LogP contribution is -2.46. The first-order valence-corrected chi connectivity index (χ1v) is 18.6. The molecule has 0 bridgehead atoms. The summed E-state index contributed by atoms with van der Waals surface area (Å²) < 4.78 is 2.04. The Balaban J connectivity index is 0.821. The minimum atomic E-state index is -0.444. The second kappa shape index (κ2) is 15.1. The van der Waals surface area contributed by atoms with E-state index in [-0.39, 0.29) is 17.6 Å². The fourth-order valence-electron chi connectivity index (χ4n) is 7.95. The van der Waals surface area contributed by atoms with Crippen LogP contribution in [0.1, 0.15) is 49.3 Å². The number of imide groups is 1. The zero-order chi connectivity index (χ0) is 36.3. The van der Waals surface area contributed by atoms with Crippen molar-refractivity contribution < 1.29 is 14.7 Å². The number of carbonyl (C=O) groups is 2. The molecule has 6 aromatic rings. The third-order valence-electron chi connectivity index (χ3n) is 10.8. The van der Waals surface area contributed by atoms with Gasteiger partial charge in [0.2, 0.25) is 11.8 Å². The summed E-state index contributed by atoms with van der Waals surface area (Å²) in [5, 5.41) is 23.4. The van der Waals surface area contributed by atoms with Gasteiger partial charge >= 0.3 is 0 Å². The number of anilines is 1. The lowest BCUT2D eigenvalue weighted by molar-refractivity contribution is -0.135. The maximum atomic E-state index is 12.9. The molecule has 3 aromatic heterocycles. The number of rotatable bonds is 11. The Kier molecular flexibility index (Phi) is 9.84. The number of nitrogens with two attached hydrogens (primary N) is 1. The Morgan fingerprint density at radius 3 is 2.45 bits per heavy atom. The van der Waals surface area contributed by atoms with Crippen LogP contribution in [0.3, 0.4) is 0 Å². The van der Waals surface area contributed by atoms with Crippen LogP contribution in [0, 0.1) is 0 Å². The summed E-state index contributed by atoms with van der Waals surface area (Å²) in [6.07, 6.45) is 6.97. The highest BCUT2D eigenvalue weighted by Gasteiger charge is 2.31. The van der Waals surface area contributed by atoms with Gasteiger partial charge in [0.15, 0.2) is 5.82 Å². The molecule has 2 fully saturated rings. The van der Waals surface area contributed by atoms with E-state index >= 15 is 0 Å². The van der Waals surface area contributed by atoms with E-state index in [1.807, 2.05) is 28.8 Å². The van der Waals surface area contributed by atoms with Gasteiger partial charge in [0, 0.05) is 67.2 Å². The van der Waals surface area contributed by atoms with Crippen LogP contribution in [0.5, 0.6) is 5.75 Å². The number of aromatic nitrogens is 4. The van der Waals surface area contributed by atoms with Crippen molar-refractivity contribution >= 4 is 39.6 Å². The van der Waals surface area contributed by atoms with Gasteiger partial charge in [-0.25, -0.2) is 4.98 Å². The first kappa shape index (κ1) is 34.4. The summed E-state index contributed by atoms with van der Waals surface area (Å²) in [4.78, 5) is 34.5. The molecule has 1 atom stereocenters. The molecule has 270 valence electrons. The van der Waals surface area contributed by atoms with Crippen molar-refractivity contribution in [3.8, 4) is 28.1 Å². The molecule has 2 amide bonds. The number of carbonyl (C=O) groups excluding carboxylic acids is 2. The van der Waals surface area contributed by atoms with E-state index in [0.717, 1.165) is 92.6 Å². The van der Waals surface area contributed by atoms with Gasteiger partial charge in [-0.05, 0) is 85.3 Å². The number of fused-ring (bicyclic) bond motifs is 3. The van der Waals surface area contributed by atoms with E-state index in [1.54, 1.807) is 18.3 Å². The number of phenolic OH excluding ortho intramolecular Hbond substituents is 1. The highest BCUT2D eigenvalue weighted by atomic mass is 16.3. The number of piperidine rings is 1. The molecule has 8 rings (SSSR count). The van der Waals surface area contributed by atoms with Gasteiger partial charge in [0.25, 0.3) is 0 Å². The molecular weight excluding hydrogens is 665 g/mol. The number of aryl methyl sites for hydroxylation is 1. The molecule has 53 heavy (non-hydrogen) atoms. The van der Waals surface area contributed by atoms with Gasteiger partial charge in [-0.3, -0.25) is 19.8 Å². The van der Waals surface area contributed by atoms with Crippen LogP contribution >= 0.6 is 0 Å². The number of hydrogen-bond acceptors (Lipinski definition) is 9. The van der Waals surface area contributed by atoms with Gasteiger partial charge in [0.05, 0.1) is 11.2 Å². The molecule has 3 aromatic carbocycles. The molecule has 4 N–H and O–H groups in total. The Morgan fingerprint density at radius 1 is 0.830 bits per heavy atom. The summed E-state index contributed by atoms with van der Waals surface area (Å²) in [6, 6.07) is 27.4. The zero-order valence-electron chi connectivity index (χ0n) is 29.7. The van der Waals surface area contributed by atoms with Gasteiger partial charge in [0.1, 0.15) is 17.4 Å². The molecule has 0 radical (unpaired) electrons. The molecule has 2 saturated heterocycles. The average molecular weight is 709 g/mol. The Labute approximate surface area is 308 Å². The number of unbranched alkanes of at least 4 members (excludes halogenated alkanes) is 2. The molecule has 0 spiro atoms. The molecule has 0 saturated carbocycles. The summed E-state index contributed by atoms with van der Waals surface area (Å²) in [7, 11) is 0. The summed E-state index contributed by atoms with van der Waals surface area (Å²) >= 11 is 0. The lowest BCUT2D eigenvalue weighted by atomic mass is 10.0. The normalized spacial score (nSPS) is 17.1. The maximum Gasteiger partial charge on any atom is 0.249 e. The van der Waals surface area contributed by atoms with E-state index in [2.05, 4.69) is 78.8 Å². The largest absolute Gasteiger partial charge is 0.507 e. The number of phenols is 1. The van der Waals surface area contributed by atoms with Gasteiger partial charge in [-0.2, -0.15) is 0 Å². The smallest absolute Gasteiger partial charge is 0.249 e. The number of aromatic hydroxyl groups is 1. The van der Waals surface area contributed by atoms with Gasteiger partial charge in [-0.15, -0.1) is 10.2 Å². The first-order chi connectivity index (χ1) is 25.9. The molecular formula is C42H44N8O3. The summed E-state index contributed by atoms with van der Waals surface area (Å²) in [5.41, 5.74) is 13.5. The first-order valence-electron chi connectivity index (χ1n) is 18.6. The van der Waals surface area contributed by atoms with Crippen LogP contribution < -0.4 is 11.1 Å². The molecule has 11 heteroatoms. The lowest BCUT2D eigenvalue weighted by Gasteiger charge is -2.34. The van der Waals surface area contributed by atoms with Crippen molar-refractivity contribution in [1.82, 2.24) is 34.9 Å². The number of nitrogen functional groups attached to an aromatic ring is 1. The van der Waals surface area contributed by atoms with Crippen LogP contribution in [0.15, 0.2) is 91.1 Å². The van der Waals surface area contributed by atoms with Crippen molar-refractivity contribution in [2.45, 2.75) is 51.1 Å². The fourth-order valence-corrected chi connectivity index (χ4v) is 7.95. The highest BCUT2D eigenvalue weighted by molar-refractivity contribution is 6.10. The molecule has 0 aliphatic carbocycles. The minimum Gasteiger partial charge on any atom is -0.507 e. The van der Waals surface area contributed by atoms with Crippen molar-refractivity contribution in [2.75, 3.05) is 38.5 Å². The molecule has 2 aliphatic rings. The molecule has 1 unspecified atom stereocenters. The van der Waals surface area contributed by atoms with Gasteiger partial charge in [-0.1, -0.05) is 55.0 Å². The summed E-state index contributed by atoms with van der Waals surface area (Å²) in [5.74, 6) is 0.0570. The average Bonchev–Trinajstić information content (AvgIpc) is 3.51. The number of piperazine rings is 1. The van der Waals surface area contributed by atoms with Crippen LogP contribution in [0.25, 0.3) is 44.3 Å². The number of nitrogens with one attached hydrogen (secondary N) is 1. The Bertz CT molecular complexity index is 2280. The second-order valence-electron chi connectivity index (χ2n) is 14.2. The number of hydrogen-bond donors (Lipinski definition) is 3. The van der Waals surface area contributed by atoms with Crippen LogP contribution in [0.2, 0.25) is 0 Å². The van der Waals surface area contributed by atoms with Gasteiger partial charge < -0.3 is 20.3 Å². The number of amides is 2. The molecule has 11 nitrogen and oxygen atoms in total. The van der Waals surface area contributed by atoms with E-state index in [4.69, 9.17) is 5.73 Å². The van der Waals surface area contributed by atoms with Crippen molar-refractivity contribution in [3.05, 3.63) is 102 Å². The number of benzene rings is 3. The van der Waals surface area contributed by atoms with Crippen LogP contribution in [-0.4, -0.2) is 79.2 Å². The summed E-state index contributed by atoms with van der Waals surface area (Å²) in [6.45, 7) is 6.23. The minimum absolute atomic E-state index is 0.159. The SMILES string of the molecule is Nc1nnc(-c2ccccc2O)cc1-c1ccc(CN2CCN(CCCCCc3cccc4c3c3cccnc3n4C3CCC(=O)NC3=O)CC2)cc1. The number of pyridine rings is 1. The van der Waals surface area contributed by atoms with E-state index < -0.39 is 6.04 Å². The molecule has 2 aliphatic heterocycles. The standard InChI is InChI=1S/C42H44N8O3/c43-40-33(26-34(46-47-40)31-10-3-4-13-37(31)51)29-16-14-28(15-17-29)27-49-24-22-48(23-25-49)21-5-1-2-8-30-9-6-12-35-39(30)32-11-7-20-44-41(32)50(35)36-18-19-38(52)45-42(36)53/h3-4,6-7,9-17,20,26,36,51H,1-2,5,8,18-19,21-25,27H2,(H2,43,47)(H,45,52,53). The zero-order valence-corrected chi connectivity index (χ0v) is 29.7. The number of para-hydroxylation sites is 1. The number of nitrogens with zero attached hydrogens (tertiary/aromatic N) is 6. The topological polar surface area (TPSA) is 142 Å². The van der Waals surface area contributed by atoms with Crippen LogP contribution in [-0.2, 0) is 22.6 Å². The highest BCUT2D eigenvalue weighted by Crippen LogP contribution is 2.36. The third-order valence-corrected chi connectivity index (χ3v) is 10.8. The quantitative estimate of drug-likeness (QED) is 0.107. The maximum absolute atomic E-state index is 12.9. The third kappa shape index (κ3) is 7.22. The predicted molar refractivity (Wildman–Crippen MR) is 207 cm³/mol. The van der Waals surface area contributed by atoms with Crippen LogP contribution in [0.4, 0.5) is 5.82 Å². The van der Waals surface area contributed by atoms with E-state index in [9.17, 15) is 14.7 Å². The Morgan fingerprint density at radius 2 is 1.64 bits per heavy atom. The Hall–Kier alpha value is -5.65. The fraction of sp³-hybridized carbons (Fsp3) is 0.310. The monoisotopic (exact) mass is 708 g/mol. The van der Waals surface area contributed by atoms with Crippen molar-refractivity contribution in [3.63, 3.8) is 0 Å². The van der Waals surface area contributed by atoms with E-state index in [0.29, 0.717) is 29.9 Å². The van der Waals surface area contributed by atoms with Crippen molar-refractivity contribution in [2.24, 2.45) is 0 Å². The molecule has 5 heterocycles. The predicted octanol–water partition coefficient (Wildman–Crippen LogP) is 6.11. The second-order valence-corrected chi connectivity index (χ2v) is 14.2. The van der Waals surface area contributed by atoms with Crippen molar-refractivity contribution in [1.29, 1.82) is 0 Å².